The molecule has 1 aromatic heterocycles. The van der Waals surface area contributed by atoms with Gasteiger partial charge >= 0.3 is 5.97 Å². The molecule has 0 fully saturated rings. The molecule has 0 saturated carbocycles. The zero-order valence-corrected chi connectivity index (χ0v) is 9.42. The van der Waals surface area contributed by atoms with E-state index in [1.165, 1.54) is 18.3 Å². The number of carbonyl (C=O) groups is 1. The van der Waals surface area contributed by atoms with E-state index in [1.54, 1.807) is 6.92 Å². The molecular formula is C11H15NO5. The third kappa shape index (κ3) is 4.01. The van der Waals surface area contributed by atoms with Gasteiger partial charge in [0.05, 0.1) is 19.1 Å². The lowest BCUT2D eigenvalue weighted by Gasteiger charge is -2.16. The number of ether oxygens (including phenoxy) is 1. The number of hydrogen-bond acceptors (Lipinski definition) is 5. The fraction of sp³-hybridized carbons (Fsp3) is 0.455. The summed E-state index contributed by atoms with van der Waals surface area (Å²) >= 11 is 0. The average Bonchev–Trinajstić information content (AvgIpc) is 2.28. The molecule has 17 heavy (non-hydrogen) atoms. The molecular weight excluding hydrogens is 226 g/mol. The third-order valence-electron chi connectivity index (χ3n) is 2.19. The second kappa shape index (κ2) is 6.17. The van der Waals surface area contributed by atoms with Gasteiger partial charge in [-0.25, -0.2) is 0 Å². The minimum absolute atomic E-state index is 0.215. The maximum Gasteiger partial charge on any atom is 0.308 e. The van der Waals surface area contributed by atoms with Crippen molar-refractivity contribution in [3.63, 3.8) is 0 Å². The maximum absolute atomic E-state index is 11.1. The predicted octanol–water partition coefficient (Wildman–Crippen LogP) is -0.278. The largest absolute Gasteiger partial charge is 0.466 e. The highest BCUT2D eigenvalue weighted by molar-refractivity contribution is 5.70. The number of carbonyl (C=O) groups excluding carboxylic acids is 1. The van der Waals surface area contributed by atoms with Gasteiger partial charge in [0.1, 0.15) is 6.10 Å². The van der Waals surface area contributed by atoms with Gasteiger partial charge in [-0.2, -0.15) is 0 Å². The molecule has 2 unspecified atom stereocenters. The van der Waals surface area contributed by atoms with Crippen molar-refractivity contribution in [3.05, 3.63) is 34.2 Å². The summed E-state index contributed by atoms with van der Waals surface area (Å²) in [5, 5.41) is 19.3. The van der Waals surface area contributed by atoms with Crippen LogP contribution in [0.15, 0.2) is 23.1 Å². The summed E-state index contributed by atoms with van der Waals surface area (Å²) in [6.45, 7) is 1.87. The Labute approximate surface area is 97.9 Å². The molecule has 0 aliphatic heterocycles. The van der Waals surface area contributed by atoms with Crippen LogP contribution in [0, 0.1) is 0 Å². The van der Waals surface area contributed by atoms with Gasteiger partial charge in [-0.1, -0.05) is 0 Å². The molecule has 6 heteroatoms. The van der Waals surface area contributed by atoms with Crippen molar-refractivity contribution >= 4 is 5.97 Å². The summed E-state index contributed by atoms with van der Waals surface area (Å²) in [5.74, 6) is -0.594. The molecule has 0 spiro atoms. The van der Waals surface area contributed by atoms with Crippen LogP contribution in [-0.4, -0.2) is 33.9 Å². The smallest absolute Gasteiger partial charge is 0.308 e. The number of aromatic amines is 1. The molecule has 0 aliphatic carbocycles. The second-order valence-corrected chi connectivity index (χ2v) is 3.51. The number of H-pyrrole nitrogens is 1. The van der Waals surface area contributed by atoms with Crippen molar-refractivity contribution < 1.29 is 19.7 Å². The van der Waals surface area contributed by atoms with Crippen LogP contribution in [0.3, 0.4) is 0 Å². The first-order valence-corrected chi connectivity index (χ1v) is 5.25. The molecule has 0 aliphatic rings. The highest BCUT2D eigenvalue weighted by Crippen LogP contribution is 2.17. The van der Waals surface area contributed by atoms with Gasteiger partial charge in [-0.15, -0.1) is 0 Å². The molecule has 0 amide bonds. The van der Waals surface area contributed by atoms with Crippen LogP contribution in [0.4, 0.5) is 0 Å². The Morgan fingerprint density at radius 2 is 2.24 bits per heavy atom. The van der Waals surface area contributed by atoms with Crippen molar-refractivity contribution in [1.29, 1.82) is 0 Å². The lowest BCUT2D eigenvalue weighted by atomic mass is 10.0. The number of nitrogens with one attached hydrogen (secondary N) is 1. The number of aliphatic hydroxyl groups excluding tert-OH is 2. The van der Waals surface area contributed by atoms with E-state index in [2.05, 4.69) is 9.72 Å². The topological polar surface area (TPSA) is 99.6 Å². The molecule has 94 valence electrons. The molecule has 3 N–H and O–H groups in total. The first kappa shape index (κ1) is 13.4. The molecule has 6 nitrogen and oxygen atoms in total. The van der Waals surface area contributed by atoms with Gasteiger partial charge in [0.15, 0.2) is 0 Å². The molecule has 0 aromatic carbocycles. The minimum Gasteiger partial charge on any atom is -0.466 e. The van der Waals surface area contributed by atoms with Crippen LogP contribution in [0.2, 0.25) is 0 Å². The van der Waals surface area contributed by atoms with Crippen molar-refractivity contribution in [2.45, 2.75) is 25.6 Å². The van der Waals surface area contributed by atoms with E-state index in [-0.39, 0.29) is 24.2 Å². The van der Waals surface area contributed by atoms with Gasteiger partial charge in [0, 0.05) is 12.3 Å². The van der Waals surface area contributed by atoms with Crippen LogP contribution >= 0.6 is 0 Å². The second-order valence-electron chi connectivity index (χ2n) is 3.51. The van der Waals surface area contributed by atoms with Gasteiger partial charge in [0.25, 0.3) is 0 Å². The predicted molar refractivity (Wildman–Crippen MR) is 59.3 cm³/mol. The zero-order valence-electron chi connectivity index (χ0n) is 9.42. The van der Waals surface area contributed by atoms with Crippen LogP contribution in [0.25, 0.3) is 0 Å². The van der Waals surface area contributed by atoms with Gasteiger partial charge in [-0.3, -0.25) is 9.59 Å². The zero-order chi connectivity index (χ0) is 12.8. The summed E-state index contributed by atoms with van der Waals surface area (Å²) < 4.78 is 4.64. The number of esters is 1. The van der Waals surface area contributed by atoms with E-state index < -0.39 is 18.2 Å². The Morgan fingerprint density at radius 1 is 1.53 bits per heavy atom. The lowest BCUT2D eigenvalue weighted by Crippen LogP contribution is -2.24. The fourth-order valence-corrected chi connectivity index (χ4v) is 1.37. The van der Waals surface area contributed by atoms with Gasteiger partial charge in [-0.05, 0) is 18.6 Å². The first-order chi connectivity index (χ1) is 8.04. The Hall–Kier alpha value is -1.66. The number of hydrogen-bond donors (Lipinski definition) is 3. The van der Waals surface area contributed by atoms with Gasteiger partial charge < -0.3 is 19.9 Å². The third-order valence-corrected chi connectivity index (χ3v) is 2.19. The van der Waals surface area contributed by atoms with Crippen molar-refractivity contribution in [2.24, 2.45) is 0 Å². The molecule has 0 bridgehead atoms. The molecule has 1 rings (SSSR count). The molecule has 1 heterocycles. The van der Waals surface area contributed by atoms with Crippen LogP contribution in [-0.2, 0) is 9.53 Å². The summed E-state index contributed by atoms with van der Waals surface area (Å²) in [7, 11) is 0. The standard InChI is InChI=1S/C11H15NO5/c1-2-17-10(15)6-8(13)11(16)7-3-4-12-9(14)5-7/h3-5,8,11,13,16H,2,6H2,1H3,(H,12,14). The van der Waals surface area contributed by atoms with Crippen LogP contribution < -0.4 is 5.56 Å². The van der Waals surface area contributed by atoms with E-state index in [4.69, 9.17) is 0 Å². The Kier molecular flexibility index (Phi) is 4.86. The van der Waals surface area contributed by atoms with Crippen LogP contribution in [0.1, 0.15) is 25.0 Å². The maximum atomic E-state index is 11.1. The highest BCUT2D eigenvalue weighted by atomic mass is 16.5. The number of rotatable bonds is 5. The molecule has 0 saturated heterocycles. The monoisotopic (exact) mass is 241 g/mol. The van der Waals surface area contributed by atoms with E-state index >= 15 is 0 Å². The fourth-order valence-electron chi connectivity index (χ4n) is 1.37. The lowest BCUT2D eigenvalue weighted by molar-refractivity contribution is -0.147. The SMILES string of the molecule is CCOC(=O)CC(O)C(O)c1cc[nH]c(=O)c1. The Bertz CT molecular complexity index is 428. The number of aromatic nitrogens is 1. The average molecular weight is 241 g/mol. The number of aliphatic hydroxyl groups is 2. The summed E-state index contributed by atoms with van der Waals surface area (Å²) in [4.78, 5) is 24.5. The minimum atomic E-state index is -1.30. The van der Waals surface area contributed by atoms with Crippen molar-refractivity contribution in [1.82, 2.24) is 4.98 Å². The summed E-state index contributed by atoms with van der Waals surface area (Å²) in [6, 6.07) is 2.62. The quantitative estimate of drug-likeness (QED) is 0.616. The van der Waals surface area contributed by atoms with E-state index in [0.717, 1.165) is 0 Å². The molecule has 0 radical (unpaired) electrons. The molecule has 2 atom stereocenters. The highest BCUT2D eigenvalue weighted by Gasteiger charge is 2.22. The Morgan fingerprint density at radius 3 is 2.82 bits per heavy atom. The normalized spacial score (nSPS) is 14.1. The molecule has 1 aromatic rings. The van der Waals surface area contributed by atoms with Crippen LogP contribution in [0.5, 0.6) is 0 Å². The van der Waals surface area contributed by atoms with E-state index in [1.807, 2.05) is 0 Å². The van der Waals surface area contributed by atoms with Crippen molar-refractivity contribution in [2.75, 3.05) is 6.61 Å². The number of pyridine rings is 1. The van der Waals surface area contributed by atoms with Crippen molar-refractivity contribution in [3.8, 4) is 0 Å². The van der Waals surface area contributed by atoms with E-state index in [0.29, 0.717) is 0 Å². The summed E-state index contributed by atoms with van der Waals surface area (Å²) in [5.41, 5.74) is -0.129. The first-order valence-electron chi connectivity index (χ1n) is 5.25. The summed E-state index contributed by atoms with van der Waals surface area (Å²) in [6.07, 6.45) is -1.54. The van der Waals surface area contributed by atoms with Gasteiger partial charge in [0.2, 0.25) is 5.56 Å². The Balaban J connectivity index is 2.66. The van der Waals surface area contributed by atoms with E-state index in [9.17, 15) is 19.8 Å².